The first-order chi connectivity index (χ1) is 12.0. The number of rotatable bonds is 4. The summed E-state index contributed by atoms with van der Waals surface area (Å²) in [4.78, 5) is 28.5. The summed E-state index contributed by atoms with van der Waals surface area (Å²) < 4.78 is 0. The fourth-order valence-electron chi connectivity index (χ4n) is 3.98. The predicted octanol–water partition coefficient (Wildman–Crippen LogP) is 1.91. The van der Waals surface area contributed by atoms with E-state index < -0.39 is 0 Å². The third kappa shape index (κ3) is 4.60. The Labute approximate surface area is 150 Å². The number of nitrogens with one attached hydrogen (secondary N) is 1. The topological polar surface area (TPSA) is 52.7 Å². The van der Waals surface area contributed by atoms with Gasteiger partial charge in [-0.2, -0.15) is 0 Å². The minimum Gasteiger partial charge on any atom is -0.351 e. The second kappa shape index (κ2) is 8.00. The summed E-state index contributed by atoms with van der Waals surface area (Å²) in [5, 5.41) is 3.05. The molecule has 1 N–H and O–H groups in total. The third-order valence-corrected chi connectivity index (χ3v) is 5.37. The Bertz CT molecular complexity index is 608. The maximum absolute atomic E-state index is 12.7. The van der Waals surface area contributed by atoms with Crippen LogP contribution in [0.15, 0.2) is 24.3 Å². The van der Waals surface area contributed by atoms with Crippen molar-refractivity contribution in [2.45, 2.75) is 45.1 Å². The lowest BCUT2D eigenvalue weighted by molar-refractivity contribution is -0.132. The van der Waals surface area contributed by atoms with Gasteiger partial charge in [0.15, 0.2) is 0 Å². The minimum atomic E-state index is -0.0348. The Morgan fingerprint density at radius 2 is 1.76 bits per heavy atom. The number of carbonyl (C=O) groups excluding carboxylic acids is 2. The van der Waals surface area contributed by atoms with Gasteiger partial charge in [-0.1, -0.05) is 36.2 Å². The predicted molar refractivity (Wildman–Crippen MR) is 98.4 cm³/mol. The molecule has 1 aromatic carbocycles. The summed E-state index contributed by atoms with van der Waals surface area (Å²) in [6, 6.07) is 8.42. The number of benzene rings is 1. The molecule has 0 bridgehead atoms. The van der Waals surface area contributed by atoms with Crippen molar-refractivity contribution in [3.05, 3.63) is 35.4 Å². The largest absolute Gasteiger partial charge is 0.351 e. The van der Waals surface area contributed by atoms with Gasteiger partial charge in [-0.05, 0) is 38.4 Å². The second-order valence-corrected chi connectivity index (χ2v) is 7.46. The van der Waals surface area contributed by atoms with Crippen LogP contribution >= 0.6 is 0 Å². The molecular weight excluding hydrogens is 314 g/mol. The molecule has 5 heteroatoms. The maximum Gasteiger partial charge on any atom is 0.236 e. The molecule has 0 spiro atoms. The van der Waals surface area contributed by atoms with Crippen LogP contribution in [0, 0.1) is 6.92 Å². The van der Waals surface area contributed by atoms with Gasteiger partial charge < -0.3 is 10.2 Å². The van der Waals surface area contributed by atoms with Crippen molar-refractivity contribution in [3.8, 4) is 0 Å². The Morgan fingerprint density at radius 1 is 1.08 bits per heavy atom. The molecule has 2 unspecified atom stereocenters. The van der Waals surface area contributed by atoms with Crippen molar-refractivity contribution in [3.63, 3.8) is 0 Å². The molecule has 5 nitrogen and oxygen atoms in total. The van der Waals surface area contributed by atoms with Crippen LogP contribution in [-0.2, 0) is 9.59 Å². The molecule has 0 aromatic heterocycles. The van der Waals surface area contributed by atoms with E-state index >= 15 is 0 Å². The smallest absolute Gasteiger partial charge is 0.236 e. The quantitative estimate of drug-likeness (QED) is 0.909. The molecular formula is C20H29N3O2. The number of amides is 2. The van der Waals surface area contributed by atoms with E-state index in [4.69, 9.17) is 0 Å². The highest BCUT2D eigenvalue weighted by Crippen LogP contribution is 2.28. The molecule has 2 fully saturated rings. The zero-order chi connectivity index (χ0) is 17.8. The molecule has 2 heterocycles. The molecule has 2 amide bonds. The van der Waals surface area contributed by atoms with Crippen LogP contribution in [0.4, 0.5) is 0 Å². The van der Waals surface area contributed by atoms with E-state index in [1.165, 1.54) is 30.4 Å². The van der Waals surface area contributed by atoms with E-state index in [1.807, 2.05) is 4.90 Å². The van der Waals surface area contributed by atoms with E-state index in [2.05, 4.69) is 41.4 Å². The van der Waals surface area contributed by atoms with Gasteiger partial charge in [-0.3, -0.25) is 14.5 Å². The van der Waals surface area contributed by atoms with Gasteiger partial charge >= 0.3 is 0 Å². The molecule has 2 aliphatic heterocycles. The molecule has 25 heavy (non-hydrogen) atoms. The monoisotopic (exact) mass is 343 g/mol. The highest BCUT2D eigenvalue weighted by atomic mass is 16.2. The molecule has 136 valence electrons. The van der Waals surface area contributed by atoms with Gasteiger partial charge in [-0.15, -0.1) is 0 Å². The highest BCUT2D eigenvalue weighted by Gasteiger charge is 2.36. The van der Waals surface area contributed by atoms with Crippen molar-refractivity contribution in [2.75, 3.05) is 32.7 Å². The first-order valence-electron chi connectivity index (χ1n) is 9.37. The normalized spacial score (nSPS) is 24.3. The van der Waals surface area contributed by atoms with E-state index in [9.17, 15) is 9.59 Å². The summed E-state index contributed by atoms with van der Waals surface area (Å²) in [5.41, 5.74) is 2.41. The molecule has 0 saturated carbocycles. The van der Waals surface area contributed by atoms with E-state index in [1.54, 1.807) is 6.92 Å². The Balaban J connectivity index is 1.68. The summed E-state index contributed by atoms with van der Waals surface area (Å²) in [6.07, 6.45) is 3.65. The highest BCUT2D eigenvalue weighted by molar-refractivity contribution is 5.79. The van der Waals surface area contributed by atoms with Gasteiger partial charge in [0, 0.05) is 25.9 Å². The van der Waals surface area contributed by atoms with Crippen LogP contribution in [0.25, 0.3) is 0 Å². The number of aryl methyl sites for hydroxylation is 1. The van der Waals surface area contributed by atoms with Crippen LogP contribution in [0.3, 0.4) is 0 Å². The van der Waals surface area contributed by atoms with Gasteiger partial charge in [0.05, 0.1) is 12.6 Å². The Morgan fingerprint density at radius 3 is 2.40 bits per heavy atom. The third-order valence-electron chi connectivity index (χ3n) is 5.37. The lowest BCUT2D eigenvalue weighted by atomic mass is 9.93. The summed E-state index contributed by atoms with van der Waals surface area (Å²) in [5.74, 6) is 0.314. The van der Waals surface area contributed by atoms with E-state index in [0.717, 1.165) is 13.1 Å². The number of hydrogen-bond acceptors (Lipinski definition) is 3. The van der Waals surface area contributed by atoms with Gasteiger partial charge in [0.25, 0.3) is 0 Å². The van der Waals surface area contributed by atoms with Crippen molar-refractivity contribution in [2.24, 2.45) is 0 Å². The zero-order valence-corrected chi connectivity index (χ0v) is 15.3. The van der Waals surface area contributed by atoms with Crippen molar-refractivity contribution < 1.29 is 9.59 Å². The SMILES string of the molecule is CC(=O)NC1CN(C(=O)CN2CCCCC2)CC1c1ccc(C)cc1. The number of carbonyl (C=O) groups is 2. The standard InChI is InChI=1S/C20H29N3O2/c1-15-6-8-17(9-7-15)18-12-23(13-19(18)21-16(2)24)20(25)14-22-10-4-3-5-11-22/h6-9,18-19H,3-5,10-14H2,1-2H3,(H,21,24). The maximum atomic E-state index is 12.7. The van der Waals surface area contributed by atoms with E-state index in [-0.39, 0.29) is 23.8 Å². The fourth-order valence-corrected chi connectivity index (χ4v) is 3.98. The van der Waals surface area contributed by atoms with Gasteiger partial charge in [-0.25, -0.2) is 0 Å². The van der Waals surface area contributed by atoms with Crippen molar-refractivity contribution in [1.29, 1.82) is 0 Å². The lowest BCUT2D eigenvalue weighted by Crippen LogP contribution is -2.43. The first-order valence-corrected chi connectivity index (χ1v) is 9.37. The summed E-state index contributed by atoms with van der Waals surface area (Å²) in [7, 11) is 0. The van der Waals surface area contributed by atoms with Crippen LogP contribution in [0.1, 0.15) is 43.2 Å². The molecule has 2 atom stereocenters. The molecule has 2 aliphatic rings. The van der Waals surface area contributed by atoms with Crippen LogP contribution in [0.2, 0.25) is 0 Å². The van der Waals surface area contributed by atoms with Crippen molar-refractivity contribution >= 4 is 11.8 Å². The van der Waals surface area contributed by atoms with E-state index in [0.29, 0.717) is 19.6 Å². The Kier molecular flexibility index (Phi) is 5.74. The van der Waals surface area contributed by atoms with Crippen LogP contribution in [0.5, 0.6) is 0 Å². The molecule has 1 aromatic rings. The number of likely N-dealkylation sites (tertiary alicyclic amines) is 2. The fraction of sp³-hybridized carbons (Fsp3) is 0.600. The Hall–Kier alpha value is -1.88. The average Bonchev–Trinajstić information content (AvgIpc) is 3.00. The number of piperidine rings is 1. The van der Waals surface area contributed by atoms with Crippen LogP contribution in [-0.4, -0.2) is 60.4 Å². The first kappa shape index (κ1) is 17.9. The molecule has 2 saturated heterocycles. The zero-order valence-electron chi connectivity index (χ0n) is 15.3. The lowest BCUT2D eigenvalue weighted by Gasteiger charge is -2.28. The number of nitrogens with zero attached hydrogens (tertiary/aromatic N) is 2. The molecule has 0 radical (unpaired) electrons. The van der Waals surface area contributed by atoms with Gasteiger partial charge in [0.2, 0.25) is 11.8 Å². The van der Waals surface area contributed by atoms with Crippen molar-refractivity contribution in [1.82, 2.24) is 15.1 Å². The second-order valence-electron chi connectivity index (χ2n) is 7.46. The number of hydrogen-bond donors (Lipinski definition) is 1. The van der Waals surface area contributed by atoms with Gasteiger partial charge in [0.1, 0.15) is 0 Å². The summed E-state index contributed by atoms with van der Waals surface area (Å²) >= 11 is 0. The minimum absolute atomic E-state index is 0.00879. The molecule has 0 aliphatic carbocycles. The van der Waals surface area contributed by atoms with Crippen LogP contribution < -0.4 is 5.32 Å². The summed E-state index contributed by atoms with van der Waals surface area (Å²) in [6.45, 7) is 7.45. The molecule has 3 rings (SSSR count). The average molecular weight is 343 g/mol.